The van der Waals surface area contributed by atoms with Crippen LogP contribution in [0, 0.1) is 19.9 Å². The smallest absolute Gasteiger partial charge is 0.189 e. The van der Waals surface area contributed by atoms with Gasteiger partial charge in [-0.1, -0.05) is 0 Å². The summed E-state index contributed by atoms with van der Waals surface area (Å²) in [5, 5.41) is 2.41. The van der Waals surface area contributed by atoms with E-state index in [9.17, 15) is 4.79 Å². The van der Waals surface area contributed by atoms with Crippen molar-refractivity contribution >= 4 is 12.7 Å². The maximum Gasteiger partial charge on any atom is 0.189 e. The van der Waals surface area contributed by atoms with Crippen LogP contribution in [0.15, 0.2) is 12.4 Å². The number of carbonyl (C=O) groups is 1. The van der Waals surface area contributed by atoms with E-state index in [2.05, 4.69) is 42.0 Å². The van der Waals surface area contributed by atoms with E-state index in [1.165, 1.54) is 12.4 Å². The fourth-order valence-electron chi connectivity index (χ4n) is 0.415. The molecule has 0 aliphatic carbocycles. The first-order valence-electron chi connectivity index (χ1n) is 3.94. The molecule has 1 radical (unpaired) electrons. The predicted octanol–water partition coefficient (Wildman–Crippen LogP) is 0.136. The average molecular weight is 480 g/mol. The molecule has 5 nitrogen and oxygen atoms in total. The maximum absolute atomic E-state index is 10.0. The van der Waals surface area contributed by atoms with Crippen LogP contribution in [0.4, 0.5) is 0 Å². The molecule has 1 heterocycles. The standard InChI is InChI=1S/C5H4N2.C4H8NO.CHO.W.Y/c1-5-6-3-2-4-7-5;1-3-4(6)5-2;1-2;;/h3-4H,1H2;1,3H2,2H3,(H,5,6);1H;;/q-2;2*-1;;. The first kappa shape index (κ1) is 25.7. The second-order valence-electron chi connectivity index (χ2n) is 2.02. The Hall–Kier alpha value is -0.118. The van der Waals surface area contributed by atoms with Gasteiger partial charge in [0.05, 0.1) is 0 Å². The molecule has 0 saturated carbocycles. The summed E-state index contributed by atoms with van der Waals surface area (Å²) < 4.78 is 0. The van der Waals surface area contributed by atoms with Crippen molar-refractivity contribution in [3.8, 4) is 0 Å². The van der Waals surface area contributed by atoms with Gasteiger partial charge in [0, 0.05) is 60.8 Å². The number of rotatable bonds is 1. The Morgan fingerprint density at radius 3 is 2.00 bits per heavy atom. The number of aromatic nitrogens is 2. The van der Waals surface area contributed by atoms with Gasteiger partial charge in [0.15, 0.2) is 5.91 Å². The fraction of sp³-hybridized carbons (Fsp3) is 0.200. The molecule has 0 unspecified atom stereocenters. The summed E-state index contributed by atoms with van der Waals surface area (Å²) in [7, 11) is 1.59. The van der Waals surface area contributed by atoms with Crippen LogP contribution in [0.1, 0.15) is 12.2 Å². The monoisotopic (exact) mass is 480 g/mol. The number of carbonyl (C=O) groups excluding carboxylic acids is 2. The van der Waals surface area contributed by atoms with Gasteiger partial charge in [-0.05, 0) is 5.82 Å². The molecule has 0 bridgehead atoms. The average Bonchev–Trinajstić information content (AvgIpc) is 2.32. The van der Waals surface area contributed by atoms with Crippen molar-refractivity contribution in [1.29, 1.82) is 0 Å². The Morgan fingerprint density at radius 1 is 1.47 bits per heavy atom. The van der Waals surface area contributed by atoms with Crippen molar-refractivity contribution in [1.82, 2.24) is 15.3 Å². The minimum absolute atomic E-state index is 0. The third-order valence-electron chi connectivity index (χ3n) is 1.08. The first-order valence-corrected chi connectivity index (χ1v) is 3.94. The van der Waals surface area contributed by atoms with Gasteiger partial charge in [0.2, 0.25) is 0 Å². The van der Waals surface area contributed by atoms with Crippen molar-refractivity contribution in [3.63, 3.8) is 0 Å². The number of nitrogens with zero attached hydrogens (tertiary/aromatic N) is 2. The molecular formula is C10H13N3O2WY-4. The summed E-state index contributed by atoms with van der Waals surface area (Å²) in [4.78, 5) is 25.2. The molecule has 0 atom stereocenters. The Morgan fingerprint density at radius 2 is 1.88 bits per heavy atom. The van der Waals surface area contributed by atoms with Gasteiger partial charge in [-0.15, -0.1) is 6.42 Å². The molecule has 17 heavy (non-hydrogen) atoms. The predicted molar refractivity (Wildman–Crippen MR) is 56.1 cm³/mol. The van der Waals surface area contributed by atoms with Crippen molar-refractivity contribution in [2.45, 2.75) is 6.42 Å². The summed E-state index contributed by atoms with van der Waals surface area (Å²) in [5.74, 6) is 0.522. The van der Waals surface area contributed by atoms with Gasteiger partial charge in [0.1, 0.15) is 0 Å². The van der Waals surface area contributed by atoms with Crippen LogP contribution in [0.3, 0.4) is 0 Å². The van der Waals surface area contributed by atoms with Gasteiger partial charge in [-0.2, -0.15) is 12.4 Å². The molecule has 1 aromatic rings. The Bertz CT molecular complexity index is 257. The molecule has 0 saturated heterocycles. The van der Waals surface area contributed by atoms with Crippen LogP contribution >= 0.6 is 0 Å². The topological polar surface area (TPSA) is 72.0 Å². The molecule has 1 aromatic heterocycles. The summed E-state index contributed by atoms with van der Waals surface area (Å²) in [6, 6.07) is 2.67. The Labute approximate surface area is 142 Å². The Balaban J connectivity index is -0.0000000794. The van der Waals surface area contributed by atoms with Crippen LogP contribution in [0.2, 0.25) is 0 Å². The SMILES string of the molecule is [CH-]=O.[CH2-]CC(=O)NC.[CH2-]c1nc[c-]cn1.[W].[Y]. The van der Waals surface area contributed by atoms with Crippen molar-refractivity contribution in [3.05, 3.63) is 38.1 Å². The Kier molecular flexibility index (Phi) is 32.0. The summed E-state index contributed by atoms with van der Waals surface area (Å²) in [5.41, 5.74) is 0. The second-order valence-corrected chi connectivity index (χ2v) is 2.02. The zero-order valence-corrected chi connectivity index (χ0v) is 15.3. The van der Waals surface area contributed by atoms with Crippen molar-refractivity contribution in [2.24, 2.45) is 0 Å². The van der Waals surface area contributed by atoms with E-state index in [4.69, 9.17) is 4.79 Å². The van der Waals surface area contributed by atoms with Crippen molar-refractivity contribution in [2.75, 3.05) is 7.05 Å². The van der Waals surface area contributed by atoms with Crippen molar-refractivity contribution < 1.29 is 63.4 Å². The quantitative estimate of drug-likeness (QED) is 0.459. The van der Waals surface area contributed by atoms with E-state index in [1.54, 1.807) is 7.05 Å². The number of nitrogens with one attached hydrogen (secondary N) is 1. The molecule has 7 heteroatoms. The molecule has 1 N–H and O–H groups in total. The third-order valence-corrected chi connectivity index (χ3v) is 1.08. The van der Waals surface area contributed by atoms with E-state index in [0.717, 1.165) is 0 Å². The van der Waals surface area contributed by atoms with Gasteiger partial charge >= 0.3 is 0 Å². The molecule has 1 rings (SSSR count). The largest absolute Gasteiger partial charge is 0.545 e. The molecule has 0 aliphatic heterocycles. The van der Waals surface area contributed by atoms with E-state index >= 15 is 0 Å². The minimum atomic E-state index is -0.0185. The van der Waals surface area contributed by atoms with Gasteiger partial charge < -0.3 is 40.0 Å². The summed E-state index contributed by atoms with van der Waals surface area (Å²) in [6.07, 6.45) is 3.40. The van der Waals surface area contributed by atoms with Crippen LogP contribution < -0.4 is 5.32 Å². The van der Waals surface area contributed by atoms with Gasteiger partial charge in [-0.3, -0.25) is 11.6 Å². The molecule has 0 aliphatic rings. The van der Waals surface area contributed by atoms with E-state index in [0.29, 0.717) is 12.2 Å². The minimum Gasteiger partial charge on any atom is -0.545 e. The normalized spacial score (nSPS) is 6.47. The molecule has 0 spiro atoms. The third kappa shape index (κ3) is 21.7. The zero-order valence-electron chi connectivity index (χ0n) is 9.55. The van der Waals surface area contributed by atoms with E-state index in [1.807, 2.05) is 0 Å². The van der Waals surface area contributed by atoms with Crippen LogP contribution in [0.25, 0.3) is 0 Å². The first-order chi connectivity index (χ1) is 7.20. The number of hydrogen-bond donors (Lipinski definition) is 1. The summed E-state index contributed by atoms with van der Waals surface area (Å²) in [6.45, 7) is 10.1. The molecule has 0 fully saturated rings. The van der Waals surface area contributed by atoms with E-state index in [-0.39, 0.29) is 59.7 Å². The van der Waals surface area contributed by atoms with Gasteiger partial charge in [-0.25, -0.2) is 0 Å². The summed E-state index contributed by atoms with van der Waals surface area (Å²) >= 11 is 0. The van der Waals surface area contributed by atoms with Crippen LogP contribution in [0.5, 0.6) is 0 Å². The number of amides is 1. The van der Waals surface area contributed by atoms with Crippen LogP contribution in [-0.2, 0) is 63.4 Å². The van der Waals surface area contributed by atoms with Gasteiger partial charge in [0.25, 0.3) is 0 Å². The maximum atomic E-state index is 10.0. The molecule has 0 aromatic carbocycles. The molecule has 93 valence electrons. The molecule has 1 amide bonds. The van der Waals surface area contributed by atoms with E-state index < -0.39 is 0 Å². The molecular weight excluding hydrogens is 467 g/mol. The fourth-order valence-corrected chi connectivity index (χ4v) is 0.415. The van der Waals surface area contributed by atoms with Crippen LogP contribution in [-0.4, -0.2) is 29.7 Å². The second kappa shape index (κ2) is 21.2. The number of hydrogen-bond acceptors (Lipinski definition) is 4. The zero-order chi connectivity index (χ0) is 12.1.